The van der Waals surface area contributed by atoms with Gasteiger partial charge in [-0.3, -0.25) is 9.59 Å². The van der Waals surface area contributed by atoms with Crippen molar-refractivity contribution >= 4 is 11.8 Å². The van der Waals surface area contributed by atoms with E-state index in [9.17, 15) is 9.59 Å². The highest BCUT2D eigenvalue weighted by molar-refractivity contribution is 6.02. The van der Waals surface area contributed by atoms with Gasteiger partial charge >= 0.3 is 5.97 Å². The van der Waals surface area contributed by atoms with E-state index in [-0.39, 0.29) is 24.1 Å². The van der Waals surface area contributed by atoms with Crippen molar-refractivity contribution in [2.24, 2.45) is 5.41 Å². The quantitative estimate of drug-likeness (QED) is 0.574. The molecule has 0 atom stereocenters. The van der Waals surface area contributed by atoms with Gasteiger partial charge in [-0.15, -0.1) is 0 Å². The molecular weight excluding hydrogens is 396 g/mol. The molecule has 0 aromatic heterocycles. The first-order chi connectivity index (χ1) is 15.9. The van der Waals surface area contributed by atoms with Crippen LogP contribution in [-0.2, 0) is 16.0 Å². The number of methoxy groups -OCH3 is 2. The lowest BCUT2D eigenvalue weighted by atomic mass is 9.69. The monoisotopic (exact) mass is 426 g/mol. The Morgan fingerprint density at radius 2 is 1.87 bits per heavy atom. The predicted octanol–water partition coefficient (Wildman–Crippen LogP) is 4.61. The first kappa shape index (κ1) is 18.7. The summed E-state index contributed by atoms with van der Waals surface area (Å²) in [6, 6.07) is 9.08. The highest BCUT2D eigenvalue weighted by Gasteiger charge is 2.47. The molecule has 1 saturated carbocycles. The van der Waals surface area contributed by atoms with Gasteiger partial charge in [0.15, 0.2) is 17.3 Å². The Kier molecular flexibility index (Phi) is 5.20. The molecule has 0 unspecified atom stereocenters. The van der Waals surface area contributed by atoms with Crippen LogP contribution in [0.25, 0.3) is 11.1 Å². The van der Waals surface area contributed by atoms with Gasteiger partial charge in [0, 0.05) is 17.5 Å². The average molecular weight is 427 g/mol. The maximum Gasteiger partial charge on any atom is 0.315 e. The Labute approximate surface area is 185 Å². The van der Waals surface area contributed by atoms with Crippen LogP contribution in [0.5, 0.6) is 17.2 Å². The van der Waals surface area contributed by atoms with Crippen LogP contribution in [0.1, 0.15) is 51.3 Å². The van der Waals surface area contributed by atoms with Crippen molar-refractivity contribution in [3.63, 3.8) is 0 Å². The standard InChI is InChI=1S/C25H28O6/c1-4-30-24(27)25(13-6-14-25)15-31-22-19(10-12-21(28-2)23(22)29-3)16-7-5-8-18-17(16)9-11-20(18)26/h5,7-8,10,12H,4,6,9,11,13-15H2,1-3H3/i3D2. The molecule has 4 rings (SSSR count). The van der Waals surface area contributed by atoms with E-state index in [0.717, 1.165) is 17.5 Å². The SMILES string of the molecule is [2H]C([2H])Oc1c(OC)ccc(-c2cccc3c2CCC3=O)c1OCC1(C(=O)OCC)CCC1. The minimum Gasteiger partial charge on any atom is -0.493 e. The number of benzene rings is 2. The van der Waals surface area contributed by atoms with Gasteiger partial charge in [-0.1, -0.05) is 24.6 Å². The Bertz CT molecular complexity index is 1060. The van der Waals surface area contributed by atoms with Crippen molar-refractivity contribution in [1.82, 2.24) is 0 Å². The Morgan fingerprint density at radius 1 is 1.06 bits per heavy atom. The molecule has 164 valence electrons. The number of hydrogen-bond acceptors (Lipinski definition) is 6. The highest BCUT2D eigenvalue weighted by atomic mass is 16.5. The fraction of sp³-hybridized carbons (Fsp3) is 0.440. The summed E-state index contributed by atoms with van der Waals surface area (Å²) < 4.78 is 37.8. The molecule has 0 amide bonds. The Balaban J connectivity index is 1.80. The largest absolute Gasteiger partial charge is 0.493 e. The van der Waals surface area contributed by atoms with Gasteiger partial charge in [0.25, 0.3) is 0 Å². The van der Waals surface area contributed by atoms with Crippen LogP contribution in [0, 0.1) is 5.41 Å². The third-order valence-corrected chi connectivity index (χ3v) is 6.29. The summed E-state index contributed by atoms with van der Waals surface area (Å²) in [4.78, 5) is 25.0. The minimum absolute atomic E-state index is 0.0803. The maximum absolute atomic E-state index is 12.6. The van der Waals surface area contributed by atoms with Crippen LogP contribution in [0.4, 0.5) is 0 Å². The lowest BCUT2D eigenvalue weighted by Crippen LogP contribution is -2.44. The normalized spacial score (nSPS) is 17.3. The van der Waals surface area contributed by atoms with Crippen molar-refractivity contribution in [1.29, 1.82) is 0 Å². The zero-order valence-electron chi connectivity index (χ0n) is 19.9. The molecule has 0 radical (unpaired) electrons. The van der Waals surface area contributed by atoms with Crippen molar-refractivity contribution in [2.75, 3.05) is 27.4 Å². The summed E-state index contributed by atoms with van der Waals surface area (Å²) in [6.45, 7) is 2.15. The number of ketones is 1. The first-order valence-electron chi connectivity index (χ1n) is 11.7. The summed E-state index contributed by atoms with van der Waals surface area (Å²) in [5, 5.41) is 0. The third-order valence-electron chi connectivity index (χ3n) is 6.29. The zero-order valence-corrected chi connectivity index (χ0v) is 17.9. The molecule has 0 N–H and O–H groups in total. The molecule has 6 heteroatoms. The second-order valence-corrected chi connectivity index (χ2v) is 7.99. The highest BCUT2D eigenvalue weighted by Crippen LogP contribution is 2.49. The van der Waals surface area contributed by atoms with Gasteiger partial charge in [0.05, 0.1) is 23.5 Å². The van der Waals surface area contributed by atoms with Crippen LogP contribution >= 0.6 is 0 Å². The summed E-state index contributed by atoms with van der Waals surface area (Å²) in [6.07, 6.45) is 3.31. The van der Waals surface area contributed by atoms with E-state index >= 15 is 0 Å². The van der Waals surface area contributed by atoms with Gasteiger partial charge in [0.1, 0.15) is 12.0 Å². The maximum atomic E-state index is 12.6. The summed E-state index contributed by atoms with van der Waals surface area (Å²) in [7, 11) is -0.137. The van der Waals surface area contributed by atoms with Gasteiger partial charge in [-0.25, -0.2) is 0 Å². The number of Topliss-reactive ketones (excluding diaryl/α,β-unsaturated/α-hetero) is 1. The van der Waals surface area contributed by atoms with E-state index in [1.807, 2.05) is 24.3 Å². The molecule has 31 heavy (non-hydrogen) atoms. The van der Waals surface area contributed by atoms with E-state index < -0.39 is 12.5 Å². The number of esters is 1. The molecule has 2 aliphatic rings. The molecule has 6 nitrogen and oxygen atoms in total. The van der Waals surface area contributed by atoms with Gasteiger partial charge in [-0.2, -0.15) is 0 Å². The number of ether oxygens (including phenoxy) is 4. The van der Waals surface area contributed by atoms with E-state index in [0.29, 0.717) is 54.9 Å². The van der Waals surface area contributed by atoms with Crippen molar-refractivity contribution in [3.05, 3.63) is 41.5 Å². The fourth-order valence-corrected chi connectivity index (χ4v) is 4.42. The van der Waals surface area contributed by atoms with Crippen LogP contribution in [0.2, 0.25) is 0 Å². The topological polar surface area (TPSA) is 71.1 Å². The Morgan fingerprint density at radius 3 is 2.55 bits per heavy atom. The van der Waals surface area contributed by atoms with Crippen LogP contribution < -0.4 is 14.2 Å². The van der Waals surface area contributed by atoms with Gasteiger partial charge in [0.2, 0.25) is 5.75 Å². The molecular formula is C25H28O6. The molecule has 2 aliphatic carbocycles. The lowest BCUT2D eigenvalue weighted by Gasteiger charge is -2.38. The molecule has 0 saturated heterocycles. The number of rotatable bonds is 8. The van der Waals surface area contributed by atoms with E-state index in [1.165, 1.54) is 7.11 Å². The summed E-state index contributed by atoms with van der Waals surface area (Å²) in [5.74, 6) is 0.564. The molecule has 0 spiro atoms. The van der Waals surface area contributed by atoms with Crippen molar-refractivity contribution < 1.29 is 31.3 Å². The summed E-state index contributed by atoms with van der Waals surface area (Å²) >= 11 is 0. The van der Waals surface area contributed by atoms with Crippen molar-refractivity contribution in [3.8, 4) is 28.4 Å². The molecule has 0 bridgehead atoms. The second kappa shape index (κ2) is 8.61. The zero-order chi connectivity index (χ0) is 23.6. The molecule has 2 aromatic rings. The molecule has 2 aromatic carbocycles. The predicted molar refractivity (Wildman–Crippen MR) is 116 cm³/mol. The van der Waals surface area contributed by atoms with Crippen LogP contribution in [0.15, 0.2) is 30.3 Å². The molecule has 0 heterocycles. The van der Waals surface area contributed by atoms with E-state index in [1.54, 1.807) is 13.0 Å². The third kappa shape index (κ3) is 3.64. The van der Waals surface area contributed by atoms with Crippen molar-refractivity contribution in [2.45, 2.75) is 39.0 Å². The average Bonchev–Trinajstić information content (AvgIpc) is 3.14. The summed E-state index contributed by atoms with van der Waals surface area (Å²) in [5.41, 5.74) is 2.38. The van der Waals surface area contributed by atoms with Gasteiger partial charge in [-0.05, 0) is 49.4 Å². The van der Waals surface area contributed by atoms with Crippen LogP contribution in [0.3, 0.4) is 0 Å². The fourth-order valence-electron chi connectivity index (χ4n) is 4.42. The van der Waals surface area contributed by atoms with Crippen LogP contribution in [-0.4, -0.2) is 39.1 Å². The number of carbonyl (C=O) groups excluding carboxylic acids is 2. The smallest absolute Gasteiger partial charge is 0.315 e. The van der Waals surface area contributed by atoms with Gasteiger partial charge < -0.3 is 18.9 Å². The Hall–Kier alpha value is -3.02. The van der Waals surface area contributed by atoms with E-state index in [2.05, 4.69) is 0 Å². The second-order valence-electron chi connectivity index (χ2n) is 7.99. The lowest BCUT2D eigenvalue weighted by molar-refractivity contribution is -0.163. The molecule has 1 fully saturated rings. The van der Waals surface area contributed by atoms with E-state index in [4.69, 9.17) is 21.7 Å². The number of carbonyl (C=O) groups is 2. The number of hydrogen-bond donors (Lipinski definition) is 0. The first-order valence-corrected chi connectivity index (χ1v) is 10.6. The number of fused-ring (bicyclic) bond motifs is 1. The molecule has 0 aliphatic heterocycles. The minimum atomic E-state index is -1.61.